The summed E-state index contributed by atoms with van der Waals surface area (Å²) in [5, 5.41) is 3.62. The predicted molar refractivity (Wildman–Crippen MR) is 78.8 cm³/mol. The first-order chi connectivity index (χ1) is 8.60. The molecule has 2 unspecified atom stereocenters. The smallest absolute Gasteiger partial charge is 0.00503 e. The van der Waals surface area contributed by atoms with E-state index in [9.17, 15) is 0 Å². The average molecular weight is 252 g/mol. The van der Waals surface area contributed by atoms with Crippen molar-refractivity contribution in [3.05, 3.63) is 0 Å². The van der Waals surface area contributed by atoms with Gasteiger partial charge in [-0.15, -0.1) is 0 Å². The van der Waals surface area contributed by atoms with Gasteiger partial charge in [0.2, 0.25) is 0 Å². The number of piperidine rings is 2. The first-order valence-electron chi connectivity index (χ1n) is 8.03. The summed E-state index contributed by atoms with van der Waals surface area (Å²) >= 11 is 0. The van der Waals surface area contributed by atoms with Gasteiger partial charge in [-0.1, -0.05) is 20.8 Å². The summed E-state index contributed by atoms with van der Waals surface area (Å²) in [6, 6.07) is 0. The lowest BCUT2D eigenvalue weighted by atomic mass is 9.74. The Bertz CT molecular complexity index is 238. The van der Waals surface area contributed by atoms with Crippen molar-refractivity contribution in [3.63, 3.8) is 0 Å². The van der Waals surface area contributed by atoms with E-state index in [1.165, 1.54) is 64.8 Å². The number of hydrogen-bond acceptors (Lipinski definition) is 2. The summed E-state index contributed by atoms with van der Waals surface area (Å²) in [4.78, 5) is 2.75. The summed E-state index contributed by atoms with van der Waals surface area (Å²) in [6.07, 6.45) is 7.08. The molecule has 0 radical (unpaired) electrons. The van der Waals surface area contributed by atoms with Gasteiger partial charge in [0.25, 0.3) is 0 Å². The van der Waals surface area contributed by atoms with E-state index in [-0.39, 0.29) is 0 Å². The van der Waals surface area contributed by atoms with Crippen molar-refractivity contribution in [2.75, 3.05) is 32.7 Å². The minimum atomic E-state index is 0.619. The Morgan fingerprint density at radius 3 is 2.61 bits per heavy atom. The number of nitrogens with zero attached hydrogens (tertiary/aromatic N) is 1. The topological polar surface area (TPSA) is 15.3 Å². The second-order valence-electron chi connectivity index (χ2n) is 7.35. The van der Waals surface area contributed by atoms with Crippen LogP contribution < -0.4 is 5.32 Å². The van der Waals surface area contributed by atoms with Crippen LogP contribution in [-0.2, 0) is 0 Å². The molecule has 0 aromatic rings. The van der Waals surface area contributed by atoms with Crippen molar-refractivity contribution in [2.24, 2.45) is 17.3 Å². The Kier molecular flexibility index (Phi) is 5.08. The molecule has 2 nitrogen and oxygen atoms in total. The molecule has 0 amide bonds. The second-order valence-corrected chi connectivity index (χ2v) is 7.35. The van der Waals surface area contributed by atoms with Crippen molar-refractivity contribution in [1.29, 1.82) is 0 Å². The Balaban J connectivity index is 1.82. The van der Waals surface area contributed by atoms with Crippen LogP contribution in [0.2, 0.25) is 0 Å². The van der Waals surface area contributed by atoms with Gasteiger partial charge in [0.15, 0.2) is 0 Å². The highest BCUT2D eigenvalue weighted by atomic mass is 15.1. The maximum atomic E-state index is 3.62. The number of nitrogens with one attached hydrogen (secondary N) is 1. The van der Waals surface area contributed by atoms with E-state index >= 15 is 0 Å². The molecule has 0 aliphatic carbocycles. The highest BCUT2D eigenvalue weighted by Crippen LogP contribution is 2.36. The van der Waals surface area contributed by atoms with Crippen molar-refractivity contribution < 1.29 is 0 Å². The third-order valence-corrected chi connectivity index (χ3v) is 4.74. The number of hydrogen-bond donors (Lipinski definition) is 1. The first kappa shape index (κ1) is 14.3. The zero-order valence-electron chi connectivity index (χ0n) is 12.7. The second kappa shape index (κ2) is 6.38. The van der Waals surface area contributed by atoms with E-state index in [1.54, 1.807) is 0 Å². The molecular weight excluding hydrogens is 220 g/mol. The van der Waals surface area contributed by atoms with Gasteiger partial charge < -0.3 is 10.2 Å². The Hall–Kier alpha value is -0.0800. The lowest BCUT2D eigenvalue weighted by Crippen LogP contribution is -2.51. The maximum absolute atomic E-state index is 3.62. The highest BCUT2D eigenvalue weighted by molar-refractivity contribution is 4.91. The molecule has 1 spiro atoms. The van der Waals surface area contributed by atoms with E-state index in [2.05, 4.69) is 31.0 Å². The van der Waals surface area contributed by atoms with E-state index in [0.717, 1.165) is 11.8 Å². The van der Waals surface area contributed by atoms with Gasteiger partial charge in [0.1, 0.15) is 0 Å². The summed E-state index contributed by atoms with van der Waals surface area (Å²) in [6.45, 7) is 13.6. The van der Waals surface area contributed by atoms with Crippen LogP contribution in [0.5, 0.6) is 0 Å². The Labute approximate surface area is 114 Å². The zero-order valence-corrected chi connectivity index (χ0v) is 12.7. The molecule has 2 aliphatic rings. The Morgan fingerprint density at radius 1 is 1.17 bits per heavy atom. The van der Waals surface area contributed by atoms with Crippen LogP contribution in [0.15, 0.2) is 0 Å². The average Bonchev–Trinajstić information content (AvgIpc) is 2.28. The normalized spacial score (nSPS) is 32.0. The summed E-state index contributed by atoms with van der Waals surface area (Å²) in [5.41, 5.74) is 0.619. The van der Waals surface area contributed by atoms with Crippen LogP contribution in [0.25, 0.3) is 0 Å². The van der Waals surface area contributed by atoms with Crippen molar-refractivity contribution in [3.8, 4) is 0 Å². The monoisotopic (exact) mass is 252 g/mol. The minimum Gasteiger partial charge on any atom is -0.316 e. The molecule has 2 rings (SSSR count). The highest BCUT2D eigenvalue weighted by Gasteiger charge is 2.36. The molecule has 2 atom stereocenters. The molecule has 106 valence electrons. The molecule has 2 heterocycles. The lowest BCUT2D eigenvalue weighted by molar-refractivity contribution is 0.0545. The molecule has 2 fully saturated rings. The van der Waals surface area contributed by atoms with Crippen molar-refractivity contribution >= 4 is 0 Å². The minimum absolute atomic E-state index is 0.619. The van der Waals surface area contributed by atoms with E-state index in [4.69, 9.17) is 0 Å². The van der Waals surface area contributed by atoms with Gasteiger partial charge in [-0.3, -0.25) is 0 Å². The zero-order chi connectivity index (χ0) is 13.0. The van der Waals surface area contributed by atoms with E-state index in [1.807, 2.05) is 0 Å². The Morgan fingerprint density at radius 2 is 1.94 bits per heavy atom. The molecular formula is C16H32N2. The third-order valence-electron chi connectivity index (χ3n) is 4.74. The van der Waals surface area contributed by atoms with Crippen LogP contribution in [-0.4, -0.2) is 37.6 Å². The van der Waals surface area contributed by atoms with Gasteiger partial charge in [-0.25, -0.2) is 0 Å². The standard InChI is InChI=1S/C16H32N2/c1-14(2)10-15(3)11-18-9-5-7-16(13-18)6-4-8-17-12-16/h14-15,17H,4-13H2,1-3H3. The van der Waals surface area contributed by atoms with E-state index in [0.29, 0.717) is 5.41 Å². The molecule has 0 aromatic heterocycles. The van der Waals surface area contributed by atoms with Gasteiger partial charge in [0, 0.05) is 19.6 Å². The van der Waals surface area contributed by atoms with Crippen LogP contribution in [0.1, 0.15) is 52.9 Å². The van der Waals surface area contributed by atoms with Crippen LogP contribution >= 0.6 is 0 Å². The molecule has 0 aromatic carbocycles. The quantitative estimate of drug-likeness (QED) is 0.827. The molecule has 2 saturated heterocycles. The molecule has 2 heteroatoms. The van der Waals surface area contributed by atoms with Gasteiger partial charge in [0.05, 0.1) is 0 Å². The van der Waals surface area contributed by atoms with Gasteiger partial charge >= 0.3 is 0 Å². The summed E-state index contributed by atoms with van der Waals surface area (Å²) < 4.78 is 0. The third kappa shape index (κ3) is 3.96. The van der Waals surface area contributed by atoms with Crippen molar-refractivity contribution in [2.45, 2.75) is 52.9 Å². The molecule has 18 heavy (non-hydrogen) atoms. The lowest BCUT2D eigenvalue weighted by Gasteiger charge is -2.46. The van der Waals surface area contributed by atoms with Gasteiger partial charge in [-0.2, -0.15) is 0 Å². The summed E-state index contributed by atoms with van der Waals surface area (Å²) in [7, 11) is 0. The van der Waals surface area contributed by atoms with Gasteiger partial charge in [-0.05, 0) is 62.4 Å². The summed E-state index contributed by atoms with van der Waals surface area (Å²) in [5.74, 6) is 1.70. The first-order valence-corrected chi connectivity index (χ1v) is 8.03. The van der Waals surface area contributed by atoms with E-state index < -0.39 is 0 Å². The van der Waals surface area contributed by atoms with Crippen LogP contribution in [0, 0.1) is 17.3 Å². The molecule has 2 aliphatic heterocycles. The van der Waals surface area contributed by atoms with Crippen LogP contribution in [0.4, 0.5) is 0 Å². The number of likely N-dealkylation sites (tertiary alicyclic amines) is 1. The number of rotatable bonds is 4. The van der Waals surface area contributed by atoms with Crippen LogP contribution in [0.3, 0.4) is 0 Å². The SMILES string of the molecule is CC(C)CC(C)CN1CCCC2(CCCNC2)C1. The fourth-order valence-corrected chi connectivity index (χ4v) is 4.16. The molecule has 1 N–H and O–H groups in total. The molecule has 0 saturated carbocycles. The predicted octanol–water partition coefficient (Wildman–Crippen LogP) is 3.13. The largest absolute Gasteiger partial charge is 0.316 e. The fourth-order valence-electron chi connectivity index (χ4n) is 4.16. The molecule has 0 bridgehead atoms. The maximum Gasteiger partial charge on any atom is 0.00503 e. The fraction of sp³-hybridized carbons (Fsp3) is 1.00. The van der Waals surface area contributed by atoms with Crippen molar-refractivity contribution in [1.82, 2.24) is 10.2 Å².